The lowest BCUT2D eigenvalue weighted by molar-refractivity contribution is -0.870. The predicted octanol–water partition coefficient (Wildman–Crippen LogP) is 22.5. The maximum absolute atomic E-state index is 12.9. The van der Waals surface area contributed by atoms with E-state index >= 15 is 0 Å². The molecule has 0 saturated heterocycles. The number of esters is 2. The standard InChI is InChI=1S/C76H149NO8/c1-6-8-10-12-14-16-18-20-22-24-26-27-28-29-30-31-32-33-34-35-36-37-38-39-40-41-42-43-44-45-46-47-49-51-53-55-57-59-61-63-65-67-74(79)85-72(71-84-76(75(80)81)82-69-68-77(3,4)5)70-83-73(78)66-64-62-60-58-56-54-52-50-48-25-23-21-19-17-15-13-11-9-7-2/h72,76H,6-71H2,1-5H3. The smallest absolute Gasteiger partial charge is 0.306 e. The average molecular weight is 1210 g/mol. The second-order valence-corrected chi connectivity index (χ2v) is 27.7. The van der Waals surface area contributed by atoms with E-state index in [1.165, 1.54) is 347 Å². The molecule has 506 valence electrons. The molecule has 0 radical (unpaired) electrons. The average Bonchev–Trinajstić information content (AvgIpc) is 3.49. The number of nitrogens with zero attached hydrogens (tertiary/aromatic N) is 1. The third-order valence-corrected chi connectivity index (χ3v) is 17.9. The number of hydrogen-bond acceptors (Lipinski definition) is 8. The first-order chi connectivity index (χ1) is 41.6. The van der Waals surface area contributed by atoms with Crippen molar-refractivity contribution >= 4 is 17.9 Å². The third kappa shape index (κ3) is 69.6. The highest BCUT2D eigenvalue weighted by atomic mass is 16.7. The van der Waals surface area contributed by atoms with Gasteiger partial charge >= 0.3 is 11.9 Å². The number of carboxylic acids is 1. The molecule has 0 aliphatic carbocycles. The lowest BCUT2D eigenvalue weighted by atomic mass is 10.0. The van der Waals surface area contributed by atoms with Crippen LogP contribution in [-0.4, -0.2) is 82.3 Å². The van der Waals surface area contributed by atoms with Gasteiger partial charge in [0.15, 0.2) is 12.4 Å². The van der Waals surface area contributed by atoms with Crippen LogP contribution >= 0.6 is 0 Å². The Hall–Kier alpha value is -1.71. The summed E-state index contributed by atoms with van der Waals surface area (Å²) in [4.78, 5) is 37.5. The van der Waals surface area contributed by atoms with Gasteiger partial charge in [-0.2, -0.15) is 0 Å². The first-order valence-corrected chi connectivity index (χ1v) is 38.2. The molecule has 0 saturated carbocycles. The van der Waals surface area contributed by atoms with Gasteiger partial charge in [0.05, 0.1) is 40.3 Å². The number of likely N-dealkylation sites (N-methyl/N-ethyl adjacent to an activating group) is 1. The number of carboxylic acid groups (broad SMARTS) is 1. The van der Waals surface area contributed by atoms with E-state index in [2.05, 4.69) is 13.8 Å². The van der Waals surface area contributed by atoms with Gasteiger partial charge in [0.1, 0.15) is 13.2 Å². The largest absolute Gasteiger partial charge is 0.545 e. The van der Waals surface area contributed by atoms with Crippen LogP contribution in [0.5, 0.6) is 0 Å². The Bertz CT molecular complexity index is 1350. The molecular weight excluding hydrogens is 1050 g/mol. The zero-order valence-electron chi connectivity index (χ0n) is 58.0. The fourth-order valence-electron chi connectivity index (χ4n) is 12.0. The Morgan fingerprint density at radius 2 is 0.529 bits per heavy atom. The highest BCUT2D eigenvalue weighted by Crippen LogP contribution is 2.20. The number of unbranched alkanes of at least 4 members (excludes halogenated alkanes) is 58. The Labute approximate surface area is 530 Å². The number of aliphatic carboxylic acids is 1. The first-order valence-electron chi connectivity index (χ1n) is 38.2. The Morgan fingerprint density at radius 1 is 0.306 bits per heavy atom. The molecule has 0 spiro atoms. The lowest BCUT2D eigenvalue weighted by Gasteiger charge is -2.26. The summed E-state index contributed by atoms with van der Waals surface area (Å²) in [6.07, 6.45) is 79.5. The van der Waals surface area contributed by atoms with Crippen molar-refractivity contribution in [3.8, 4) is 0 Å². The van der Waals surface area contributed by atoms with Gasteiger partial charge in [-0.3, -0.25) is 9.59 Å². The molecule has 0 heterocycles. The number of hydrogen-bond donors (Lipinski definition) is 0. The highest BCUT2D eigenvalue weighted by Gasteiger charge is 2.22. The Balaban J connectivity index is 3.88. The topological polar surface area (TPSA) is 111 Å². The van der Waals surface area contributed by atoms with Crippen molar-refractivity contribution in [3.63, 3.8) is 0 Å². The first kappa shape index (κ1) is 83.3. The molecule has 2 atom stereocenters. The number of carbonyl (C=O) groups is 3. The molecule has 0 aromatic rings. The minimum atomic E-state index is -1.62. The molecule has 2 unspecified atom stereocenters. The van der Waals surface area contributed by atoms with Crippen molar-refractivity contribution in [1.82, 2.24) is 0 Å². The molecular formula is C76H149NO8. The molecule has 9 heteroatoms. The molecule has 0 amide bonds. The van der Waals surface area contributed by atoms with Crippen molar-refractivity contribution in [2.24, 2.45) is 0 Å². The van der Waals surface area contributed by atoms with Gasteiger partial charge < -0.3 is 33.3 Å². The summed E-state index contributed by atoms with van der Waals surface area (Å²) >= 11 is 0. The van der Waals surface area contributed by atoms with E-state index in [9.17, 15) is 19.5 Å². The zero-order valence-corrected chi connectivity index (χ0v) is 58.0. The van der Waals surface area contributed by atoms with Crippen LogP contribution in [0.3, 0.4) is 0 Å². The van der Waals surface area contributed by atoms with E-state index in [0.717, 1.165) is 38.5 Å². The summed E-state index contributed by atoms with van der Waals surface area (Å²) in [5.74, 6) is -2.24. The third-order valence-electron chi connectivity index (χ3n) is 17.9. The van der Waals surface area contributed by atoms with E-state index < -0.39 is 24.3 Å². The molecule has 85 heavy (non-hydrogen) atoms. The molecule has 9 nitrogen and oxygen atoms in total. The summed E-state index contributed by atoms with van der Waals surface area (Å²) in [5.41, 5.74) is 0. The van der Waals surface area contributed by atoms with Gasteiger partial charge in [-0.05, 0) is 12.8 Å². The van der Waals surface area contributed by atoms with Crippen LogP contribution in [0.4, 0.5) is 0 Å². The molecule has 0 fully saturated rings. The van der Waals surface area contributed by atoms with Gasteiger partial charge in [-0.25, -0.2) is 0 Å². The SMILES string of the molecule is CCCCCCCCCCCCCCCCCCCCCCCCCCCCCCCCCCCCCCCCCCCC(=O)OC(COC(=O)CCCCCCCCCCCCCCCCCCCCC)COC(OCC[N+](C)(C)C)C(=O)[O-]. The van der Waals surface area contributed by atoms with Crippen LogP contribution in [0.25, 0.3) is 0 Å². The van der Waals surface area contributed by atoms with Crippen molar-refractivity contribution in [2.75, 3.05) is 47.5 Å². The molecule has 0 N–H and O–H groups in total. The normalized spacial score (nSPS) is 12.5. The van der Waals surface area contributed by atoms with E-state index in [-0.39, 0.29) is 32.2 Å². The quantitative estimate of drug-likeness (QED) is 0.0256. The maximum atomic E-state index is 12.9. The van der Waals surface area contributed by atoms with Gasteiger partial charge in [-0.15, -0.1) is 0 Å². The summed E-state index contributed by atoms with van der Waals surface area (Å²) < 4.78 is 22.8. The van der Waals surface area contributed by atoms with E-state index in [4.69, 9.17) is 18.9 Å². The molecule has 0 aromatic heterocycles. The summed E-state index contributed by atoms with van der Waals surface area (Å²) in [6.45, 7) is 4.84. The highest BCUT2D eigenvalue weighted by molar-refractivity contribution is 5.70. The van der Waals surface area contributed by atoms with Crippen molar-refractivity contribution in [1.29, 1.82) is 0 Å². The van der Waals surface area contributed by atoms with Crippen LogP contribution in [0, 0.1) is 0 Å². The Morgan fingerprint density at radius 3 is 0.753 bits per heavy atom. The summed E-state index contributed by atoms with van der Waals surface area (Å²) in [5, 5.41) is 11.8. The van der Waals surface area contributed by atoms with Crippen LogP contribution in [0.2, 0.25) is 0 Å². The van der Waals surface area contributed by atoms with Gasteiger partial charge in [0.25, 0.3) is 0 Å². The van der Waals surface area contributed by atoms with Crippen LogP contribution in [0.15, 0.2) is 0 Å². The summed E-state index contributed by atoms with van der Waals surface area (Å²) in [6, 6.07) is 0. The van der Waals surface area contributed by atoms with Crippen molar-refractivity contribution < 1.29 is 42.9 Å². The minimum Gasteiger partial charge on any atom is -0.545 e. The predicted molar refractivity (Wildman–Crippen MR) is 362 cm³/mol. The molecule has 0 aromatic carbocycles. The van der Waals surface area contributed by atoms with E-state index in [0.29, 0.717) is 17.4 Å². The van der Waals surface area contributed by atoms with Gasteiger partial charge in [0.2, 0.25) is 0 Å². The zero-order chi connectivity index (χ0) is 61.9. The van der Waals surface area contributed by atoms with Crippen molar-refractivity contribution in [3.05, 3.63) is 0 Å². The summed E-state index contributed by atoms with van der Waals surface area (Å²) in [7, 11) is 5.95. The second-order valence-electron chi connectivity index (χ2n) is 27.7. The minimum absolute atomic E-state index is 0.154. The number of quaternary nitrogens is 1. The fourth-order valence-corrected chi connectivity index (χ4v) is 12.0. The van der Waals surface area contributed by atoms with Gasteiger partial charge in [-0.1, -0.05) is 386 Å². The molecule has 0 bridgehead atoms. The Kier molecular flexibility index (Phi) is 66.8. The fraction of sp³-hybridized carbons (Fsp3) is 0.961. The maximum Gasteiger partial charge on any atom is 0.306 e. The van der Waals surface area contributed by atoms with Crippen molar-refractivity contribution in [2.45, 2.75) is 424 Å². The number of rotatable bonds is 73. The lowest BCUT2D eigenvalue weighted by Crippen LogP contribution is -2.44. The van der Waals surface area contributed by atoms with Crippen LogP contribution in [0.1, 0.15) is 412 Å². The van der Waals surface area contributed by atoms with Crippen LogP contribution < -0.4 is 5.11 Å². The monoisotopic (exact) mass is 1200 g/mol. The van der Waals surface area contributed by atoms with Gasteiger partial charge in [0, 0.05) is 12.8 Å². The van der Waals surface area contributed by atoms with E-state index in [1.807, 2.05) is 21.1 Å². The van der Waals surface area contributed by atoms with E-state index in [1.54, 1.807) is 0 Å². The molecule has 0 aliphatic rings. The number of carbonyl (C=O) groups excluding carboxylic acids is 3. The molecule has 0 aliphatic heterocycles. The second kappa shape index (κ2) is 68.2. The molecule has 0 rings (SSSR count). The van der Waals surface area contributed by atoms with Crippen LogP contribution in [-0.2, 0) is 33.3 Å². The number of ether oxygens (including phenoxy) is 4.